The van der Waals surface area contributed by atoms with Gasteiger partial charge in [-0.05, 0) is 7.05 Å². The van der Waals surface area contributed by atoms with E-state index in [9.17, 15) is 0 Å². The quantitative estimate of drug-likeness (QED) is 0.515. The lowest BCUT2D eigenvalue weighted by molar-refractivity contribution is 0.311. The van der Waals surface area contributed by atoms with Gasteiger partial charge in [-0.2, -0.15) is 9.97 Å². The van der Waals surface area contributed by atoms with Crippen molar-refractivity contribution < 1.29 is 5.11 Å². The number of hydrogen-bond acceptors (Lipinski definition) is 7. The maximum Gasteiger partial charge on any atom is 0.223 e. The number of aliphatic hydroxyl groups excluding tert-OH is 1. The van der Waals surface area contributed by atoms with E-state index in [-0.39, 0.29) is 12.6 Å². The molecular formula is C10H18N6O. The highest BCUT2D eigenvalue weighted by Crippen LogP contribution is 2.21. The van der Waals surface area contributed by atoms with E-state index in [0.29, 0.717) is 18.4 Å². The third-order valence-electron chi connectivity index (χ3n) is 2.76. The Kier molecular flexibility index (Phi) is 3.60. The molecule has 0 unspecified atom stereocenters. The zero-order chi connectivity index (χ0) is 12.3. The molecule has 0 bridgehead atoms. The molecule has 0 spiro atoms. The monoisotopic (exact) mass is 238 g/mol. The highest BCUT2D eigenvalue weighted by molar-refractivity contribution is 5.54. The molecule has 7 heteroatoms. The highest BCUT2D eigenvalue weighted by atomic mass is 16.3. The van der Waals surface area contributed by atoms with Crippen molar-refractivity contribution in [1.82, 2.24) is 15.3 Å². The molecule has 1 aromatic heterocycles. The Labute approximate surface area is 100 Å². The summed E-state index contributed by atoms with van der Waals surface area (Å²) in [6.07, 6.45) is 0. The van der Waals surface area contributed by atoms with Gasteiger partial charge >= 0.3 is 0 Å². The Bertz CT molecular complexity index is 379. The van der Waals surface area contributed by atoms with Gasteiger partial charge in [-0.3, -0.25) is 0 Å². The summed E-state index contributed by atoms with van der Waals surface area (Å²) in [5.74, 6) is 1.72. The number of nitrogens with zero attached hydrogens (tertiary/aromatic N) is 3. The molecule has 5 N–H and O–H groups in total. The Balaban J connectivity index is 2.04. The van der Waals surface area contributed by atoms with E-state index >= 15 is 0 Å². The van der Waals surface area contributed by atoms with Crippen LogP contribution in [0.3, 0.4) is 0 Å². The fourth-order valence-electron chi connectivity index (χ4n) is 1.74. The summed E-state index contributed by atoms with van der Waals surface area (Å²) >= 11 is 0. The Hall–Kier alpha value is -1.60. The van der Waals surface area contributed by atoms with Crippen LogP contribution in [0.15, 0.2) is 6.07 Å². The van der Waals surface area contributed by atoms with Gasteiger partial charge in [-0.1, -0.05) is 0 Å². The molecule has 7 nitrogen and oxygen atoms in total. The second-order valence-electron chi connectivity index (χ2n) is 4.01. The first-order chi connectivity index (χ1) is 8.22. The Morgan fingerprint density at radius 3 is 2.94 bits per heavy atom. The maximum absolute atomic E-state index is 8.74. The number of anilines is 3. The predicted octanol–water partition coefficient (Wildman–Crippen LogP) is -1.13. The lowest BCUT2D eigenvalue weighted by Crippen LogP contribution is -2.57. The minimum atomic E-state index is 0.0603. The fourth-order valence-corrected chi connectivity index (χ4v) is 1.74. The van der Waals surface area contributed by atoms with E-state index < -0.39 is 0 Å². The first kappa shape index (κ1) is 11.9. The number of nitrogen functional groups attached to an aromatic ring is 1. The van der Waals surface area contributed by atoms with Crippen LogP contribution >= 0.6 is 0 Å². The molecule has 1 aliphatic rings. The van der Waals surface area contributed by atoms with E-state index in [1.807, 2.05) is 13.1 Å². The molecule has 2 heterocycles. The number of aliphatic hydroxyl groups is 1. The van der Waals surface area contributed by atoms with E-state index in [4.69, 9.17) is 10.8 Å². The third-order valence-corrected chi connectivity index (χ3v) is 2.76. The number of nitrogens with one attached hydrogen (secondary N) is 2. The largest absolute Gasteiger partial charge is 0.395 e. The average molecular weight is 238 g/mol. The zero-order valence-corrected chi connectivity index (χ0v) is 9.85. The number of aromatic nitrogens is 2. The molecular weight excluding hydrogens is 220 g/mol. The molecule has 0 aliphatic carbocycles. The van der Waals surface area contributed by atoms with Crippen molar-refractivity contribution >= 4 is 17.6 Å². The third kappa shape index (κ3) is 2.75. The van der Waals surface area contributed by atoms with Crippen LogP contribution in [0.1, 0.15) is 0 Å². The molecule has 2 rings (SSSR count). The summed E-state index contributed by atoms with van der Waals surface area (Å²) in [6.45, 7) is 2.36. The van der Waals surface area contributed by atoms with Gasteiger partial charge in [0.25, 0.3) is 0 Å². The normalized spacial score (nSPS) is 15.8. The number of likely N-dealkylation sites (N-methyl/N-ethyl adjacent to an activating group) is 1. The van der Waals surface area contributed by atoms with E-state index in [1.54, 1.807) is 0 Å². The van der Waals surface area contributed by atoms with Gasteiger partial charge in [0.2, 0.25) is 5.95 Å². The molecule has 1 aliphatic heterocycles. The molecule has 0 amide bonds. The summed E-state index contributed by atoms with van der Waals surface area (Å²) in [7, 11) is 1.95. The lowest BCUT2D eigenvalue weighted by atomic mass is 10.1. The van der Waals surface area contributed by atoms with Crippen molar-refractivity contribution in [2.75, 3.05) is 49.2 Å². The Morgan fingerprint density at radius 2 is 2.29 bits per heavy atom. The average Bonchev–Trinajstić information content (AvgIpc) is 2.24. The minimum absolute atomic E-state index is 0.0603. The molecule has 0 radical (unpaired) electrons. The zero-order valence-electron chi connectivity index (χ0n) is 9.85. The molecule has 0 saturated carbocycles. The Morgan fingerprint density at radius 1 is 1.53 bits per heavy atom. The summed E-state index contributed by atoms with van der Waals surface area (Å²) in [4.78, 5) is 10.4. The van der Waals surface area contributed by atoms with Gasteiger partial charge in [0, 0.05) is 31.7 Å². The van der Waals surface area contributed by atoms with Gasteiger partial charge < -0.3 is 26.4 Å². The van der Waals surface area contributed by atoms with Gasteiger partial charge in [0.1, 0.15) is 11.6 Å². The lowest BCUT2D eigenvalue weighted by Gasteiger charge is -2.40. The number of rotatable bonds is 5. The summed E-state index contributed by atoms with van der Waals surface area (Å²) in [5.41, 5.74) is 5.65. The van der Waals surface area contributed by atoms with Crippen LogP contribution in [0.2, 0.25) is 0 Å². The van der Waals surface area contributed by atoms with Crippen molar-refractivity contribution in [2.45, 2.75) is 6.04 Å². The van der Waals surface area contributed by atoms with Crippen LogP contribution in [0, 0.1) is 0 Å². The summed E-state index contributed by atoms with van der Waals surface area (Å²) in [5, 5.41) is 14.9. The summed E-state index contributed by atoms with van der Waals surface area (Å²) < 4.78 is 0. The molecule has 1 aromatic rings. The van der Waals surface area contributed by atoms with E-state index in [0.717, 1.165) is 18.9 Å². The molecule has 0 aromatic carbocycles. The van der Waals surface area contributed by atoms with Crippen molar-refractivity contribution in [2.24, 2.45) is 0 Å². The standard InChI is InChI=1S/C10H18N6O/c1-12-7-5-16(6-7)9-4-8(13-2-3-17)14-10(11)15-9/h4,7,12,17H,2-3,5-6H2,1H3,(H3,11,13,14,15). The van der Waals surface area contributed by atoms with E-state index in [1.165, 1.54) is 0 Å². The number of nitrogens with two attached hydrogens (primary N) is 1. The van der Waals surface area contributed by atoms with Crippen LogP contribution in [0.25, 0.3) is 0 Å². The first-order valence-corrected chi connectivity index (χ1v) is 5.64. The molecule has 17 heavy (non-hydrogen) atoms. The second kappa shape index (κ2) is 5.15. The SMILES string of the molecule is CNC1CN(c2cc(NCCO)nc(N)n2)C1. The topological polar surface area (TPSA) is 99.3 Å². The van der Waals surface area contributed by atoms with Gasteiger partial charge in [-0.25, -0.2) is 0 Å². The second-order valence-corrected chi connectivity index (χ2v) is 4.01. The van der Waals surface area contributed by atoms with Crippen LogP contribution in [0.4, 0.5) is 17.6 Å². The number of hydrogen-bond donors (Lipinski definition) is 4. The smallest absolute Gasteiger partial charge is 0.223 e. The van der Waals surface area contributed by atoms with Gasteiger partial charge in [0.15, 0.2) is 0 Å². The van der Waals surface area contributed by atoms with Gasteiger partial charge in [0.05, 0.1) is 6.61 Å². The fraction of sp³-hybridized carbons (Fsp3) is 0.600. The molecule has 1 fully saturated rings. The van der Waals surface area contributed by atoms with E-state index in [2.05, 4.69) is 25.5 Å². The van der Waals surface area contributed by atoms with Crippen molar-refractivity contribution in [3.8, 4) is 0 Å². The highest BCUT2D eigenvalue weighted by Gasteiger charge is 2.26. The molecule has 1 saturated heterocycles. The van der Waals surface area contributed by atoms with Crippen LogP contribution in [-0.4, -0.2) is 54.4 Å². The van der Waals surface area contributed by atoms with Crippen LogP contribution in [-0.2, 0) is 0 Å². The molecule has 94 valence electrons. The van der Waals surface area contributed by atoms with Gasteiger partial charge in [-0.15, -0.1) is 0 Å². The molecule has 0 atom stereocenters. The summed E-state index contributed by atoms with van der Waals surface area (Å²) in [6, 6.07) is 2.36. The van der Waals surface area contributed by atoms with Crippen molar-refractivity contribution in [3.05, 3.63) is 6.07 Å². The first-order valence-electron chi connectivity index (χ1n) is 5.64. The van der Waals surface area contributed by atoms with Crippen molar-refractivity contribution in [1.29, 1.82) is 0 Å². The maximum atomic E-state index is 8.74. The minimum Gasteiger partial charge on any atom is -0.395 e. The predicted molar refractivity (Wildman–Crippen MR) is 67.1 cm³/mol. The van der Waals surface area contributed by atoms with Crippen molar-refractivity contribution in [3.63, 3.8) is 0 Å². The van der Waals surface area contributed by atoms with Crippen LogP contribution < -0.4 is 21.3 Å². The van der Waals surface area contributed by atoms with Crippen LogP contribution in [0.5, 0.6) is 0 Å².